The summed E-state index contributed by atoms with van der Waals surface area (Å²) in [4.78, 5) is 22.3. The highest BCUT2D eigenvalue weighted by Gasteiger charge is 2.35. The first kappa shape index (κ1) is 20.1. The van der Waals surface area contributed by atoms with Gasteiger partial charge in [-0.3, -0.25) is 9.59 Å². The first-order chi connectivity index (χ1) is 11.7. The maximum absolute atomic E-state index is 11.1. The van der Waals surface area contributed by atoms with Gasteiger partial charge in [-0.1, -0.05) is 5.16 Å². The van der Waals surface area contributed by atoms with Gasteiger partial charge in [-0.2, -0.15) is 0 Å². The molecule has 0 spiro atoms. The molecule has 0 aliphatic heterocycles. The second kappa shape index (κ2) is 8.92. The van der Waals surface area contributed by atoms with Crippen LogP contribution in [0.2, 0.25) is 0 Å². The average Bonchev–Trinajstić information content (AvgIpc) is 3.47. The van der Waals surface area contributed by atoms with Gasteiger partial charge in [-0.05, 0) is 51.4 Å². The molecule has 4 aliphatic rings. The molecule has 4 saturated carbocycles. The minimum atomic E-state index is 0. The summed E-state index contributed by atoms with van der Waals surface area (Å²) in [6.45, 7) is 0. The molecule has 25 heavy (non-hydrogen) atoms. The molecule has 4 aliphatic carbocycles. The van der Waals surface area contributed by atoms with Crippen molar-refractivity contribution in [3.63, 3.8) is 0 Å². The van der Waals surface area contributed by atoms with Gasteiger partial charge in [0, 0.05) is 29.7 Å². The van der Waals surface area contributed by atoms with Gasteiger partial charge in [0.25, 0.3) is 0 Å². The third kappa shape index (κ3) is 6.20. The Bertz CT molecular complexity index is 539. The molecule has 0 amide bonds. The maximum atomic E-state index is 11.1. The molecule has 140 valence electrons. The number of nitrogens with two attached hydrogens (primary N) is 1. The van der Waals surface area contributed by atoms with Gasteiger partial charge in [0.1, 0.15) is 17.3 Å². The van der Waals surface area contributed by atoms with E-state index < -0.39 is 0 Å². The molecular formula is C18H27ClN2O4. The highest BCUT2D eigenvalue weighted by molar-refractivity contribution is 6.02. The lowest BCUT2D eigenvalue weighted by Crippen LogP contribution is -2.10. The van der Waals surface area contributed by atoms with Crippen LogP contribution in [0.5, 0.6) is 0 Å². The smallest absolute Gasteiger partial charge is 0.143 e. The predicted molar refractivity (Wildman–Crippen MR) is 93.8 cm³/mol. The van der Waals surface area contributed by atoms with E-state index in [-0.39, 0.29) is 42.2 Å². The second-order valence-corrected chi connectivity index (χ2v) is 7.36. The summed E-state index contributed by atoms with van der Waals surface area (Å²) in [7, 11) is 0. The maximum Gasteiger partial charge on any atom is 0.143 e. The lowest BCUT2D eigenvalue weighted by Gasteiger charge is -1.94. The quantitative estimate of drug-likeness (QED) is 0.586. The first-order valence-electron chi connectivity index (χ1n) is 8.98. The number of ketones is 2. The van der Waals surface area contributed by atoms with E-state index in [1.807, 2.05) is 0 Å². The summed E-state index contributed by atoms with van der Waals surface area (Å²) in [5.41, 5.74) is 1.20. The van der Waals surface area contributed by atoms with Gasteiger partial charge >= 0.3 is 0 Å². The van der Waals surface area contributed by atoms with Crippen LogP contribution < -0.4 is 5.90 Å². The number of hydrogen-bond acceptors (Lipinski definition) is 6. The van der Waals surface area contributed by atoms with E-state index in [0.29, 0.717) is 0 Å². The number of rotatable bonds is 6. The van der Waals surface area contributed by atoms with Crippen LogP contribution in [-0.4, -0.2) is 21.9 Å². The summed E-state index contributed by atoms with van der Waals surface area (Å²) in [6, 6.07) is 2.16. The summed E-state index contributed by atoms with van der Waals surface area (Å²) in [5.74, 6) is 7.01. The van der Waals surface area contributed by atoms with Crippen LogP contribution in [0.15, 0.2) is 10.6 Å². The van der Waals surface area contributed by atoms with E-state index in [1.54, 1.807) is 0 Å². The second-order valence-electron chi connectivity index (χ2n) is 7.36. The fourth-order valence-electron chi connectivity index (χ4n) is 2.71. The summed E-state index contributed by atoms with van der Waals surface area (Å²) in [5, 5.41) is 10.6. The molecule has 3 N–H and O–H groups in total. The summed E-state index contributed by atoms with van der Waals surface area (Å²) < 4.78 is 5.24. The van der Waals surface area contributed by atoms with Crippen molar-refractivity contribution in [3.8, 4) is 0 Å². The van der Waals surface area contributed by atoms with Crippen molar-refractivity contribution < 1.29 is 19.3 Å². The number of hydrogen-bond donors (Lipinski definition) is 2. The van der Waals surface area contributed by atoms with Gasteiger partial charge in [0.05, 0.1) is 12.1 Å². The molecule has 0 bridgehead atoms. The molecule has 1 heterocycles. The first-order valence-corrected chi connectivity index (χ1v) is 8.98. The number of aromatic nitrogens is 1. The van der Waals surface area contributed by atoms with Crippen molar-refractivity contribution >= 4 is 24.0 Å². The molecule has 1 aromatic rings. The molecule has 0 atom stereocenters. The predicted octanol–water partition coefficient (Wildman–Crippen LogP) is 3.52. The zero-order valence-corrected chi connectivity index (χ0v) is 15.2. The van der Waals surface area contributed by atoms with Crippen LogP contribution in [0, 0.1) is 11.8 Å². The van der Waals surface area contributed by atoms with Crippen LogP contribution in [0.25, 0.3) is 0 Å². The number of Topliss-reactive ketones (excluding diaryl/α,β-unsaturated/α-hetero) is 2. The summed E-state index contributed by atoms with van der Waals surface area (Å²) >= 11 is 0. The average molecular weight is 371 g/mol. The van der Waals surface area contributed by atoms with E-state index in [4.69, 9.17) is 9.73 Å². The molecule has 4 fully saturated rings. The van der Waals surface area contributed by atoms with E-state index in [2.05, 4.69) is 17.1 Å². The molecule has 0 saturated heterocycles. The van der Waals surface area contributed by atoms with Crippen molar-refractivity contribution in [3.05, 3.63) is 17.5 Å². The SMILES string of the molecule is Cl.NO.O=C(CC(=O)C1CC1)C1CC1.c1c(C2CC2)noc1C1CC1. The van der Waals surface area contributed by atoms with Gasteiger partial charge in [-0.25, -0.2) is 5.90 Å². The molecule has 0 unspecified atom stereocenters. The largest absolute Gasteiger partial charge is 0.361 e. The monoisotopic (exact) mass is 370 g/mol. The topological polar surface area (TPSA) is 106 Å². The molecule has 0 radical (unpaired) electrons. The molecule has 7 heteroatoms. The minimum Gasteiger partial charge on any atom is -0.361 e. The number of nitrogens with zero attached hydrogens (tertiary/aromatic N) is 1. The van der Waals surface area contributed by atoms with Crippen LogP contribution in [-0.2, 0) is 9.59 Å². The Labute approximate surface area is 153 Å². The van der Waals surface area contributed by atoms with E-state index in [1.165, 1.54) is 31.4 Å². The molecule has 0 aromatic carbocycles. The van der Waals surface area contributed by atoms with Gasteiger partial charge in [0.15, 0.2) is 0 Å². The van der Waals surface area contributed by atoms with Crippen molar-refractivity contribution in [2.75, 3.05) is 0 Å². The lowest BCUT2D eigenvalue weighted by atomic mass is 10.1. The highest BCUT2D eigenvalue weighted by atomic mass is 35.5. The van der Waals surface area contributed by atoms with Gasteiger partial charge in [0.2, 0.25) is 0 Å². The Hall–Kier alpha value is -1.24. The van der Waals surface area contributed by atoms with Gasteiger partial charge in [-0.15, -0.1) is 12.4 Å². The summed E-state index contributed by atoms with van der Waals surface area (Å²) in [6.07, 6.45) is 9.57. The standard InChI is InChI=1S/C9H11NO.C9H12O2.ClH.H3NO/c1-2-6(1)8-5-9(11-10-8)7-3-4-7;10-8(6-1-2-6)5-9(11)7-3-4-7;;1-2/h5-7H,1-4H2;6-7H,1-5H2;1H;2H,1H2. The minimum absolute atomic E-state index is 0. The third-order valence-electron chi connectivity index (χ3n) is 4.94. The van der Waals surface area contributed by atoms with E-state index in [0.717, 1.165) is 43.3 Å². The lowest BCUT2D eigenvalue weighted by molar-refractivity contribution is -0.128. The van der Waals surface area contributed by atoms with Crippen molar-refractivity contribution in [1.82, 2.24) is 5.16 Å². The van der Waals surface area contributed by atoms with Crippen molar-refractivity contribution in [2.24, 2.45) is 17.7 Å². The molecular weight excluding hydrogens is 344 g/mol. The zero-order valence-electron chi connectivity index (χ0n) is 14.4. The van der Waals surface area contributed by atoms with Crippen LogP contribution >= 0.6 is 12.4 Å². The van der Waals surface area contributed by atoms with Crippen molar-refractivity contribution in [1.29, 1.82) is 0 Å². The van der Waals surface area contributed by atoms with Gasteiger partial charge < -0.3 is 9.73 Å². The van der Waals surface area contributed by atoms with E-state index >= 15 is 0 Å². The van der Waals surface area contributed by atoms with Crippen molar-refractivity contribution in [2.45, 2.75) is 69.6 Å². The van der Waals surface area contributed by atoms with Crippen LogP contribution in [0.3, 0.4) is 0 Å². The fourth-order valence-corrected chi connectivity index (χ4v) is 2.71. The number of carbonyl (C=O) groups is 2. The van der Waals surface area contributed by atoms with Crippen LogP contribution in [0.1, 0.15) is 81.1 Å². The highest BCUT2D eigenvalue weighted by Crippen LogP contribution is 2.44. The molecule has 6 nitrogen and oxygen atoms in total. The Kier molecular flexibility index (Phi) is 7.16. The molecule has 1 aromatic heterocycles. The Morgan fingerprint density at radius 2 is 1.44 bits per heavy atom. The van der Waals surface area contributed by atoms with E-state index in [9.17, 15) is 9.59 Å². The molecule has 5 rings (SSSR count). The normalized spacial score (nSPS) is 21.0. The Morgan fingerprint density at radius 1 is 0.960 bits per heavy atom. The third-order valence-corrected chi connectivity index (χ3v) is 4.94. The number of carbonyl (C=O) groups excluding carboxylic acids is 2. The Morgan fingerprint density at radius 3 is 1.84 bits per heavy atom. The zero-order chi connectivity index (χ0) is 17.1. The number of halogens is 1. The van der Waals surface area contributed by atoms with Crippen LogP contribution in [0.4, 0.5) is 0 Å². The fraction of sp³-hybridized carbons (Fsp3) is 0.722. The Balaban J connectivity index is 0.000000159.